The van der Waals surface area contributed by atoms with Gasteiger partial charge in [0, 0.05) is 5.02 Å². The number of benzene rings is 2. The average Bonchev–Trinajstić information content (AvgIpc) is 3.02. The van der Waals surface area contributed by atoms with E-state index >= 15 is 0 Å². The fourth-order valence-electron chi connectivity index (χ4n) is 2.75. The first kappa shape index (κ1) is 17.3. The number of imidazole rings is 1. The summed E-state index contributed by atoms with van der Waals surface area (Å²) in [6.45, 7) is 4.07. The first-order valence-electron chi connectivity index (χ1n) is 8.08. The zero-order valence-corrected chi connectivity index (χ0v) is 15.1. The molecule has 0 spiro atoms. The Morgan fingerprint density at radius 3 is 2.68 bits per heavy atom. The largest absolute Gasteiger partial charge is 0.496 e. The number of carbonyl (C=O) groups excluding carboxylic acids is 1. The van der Waals surface area contributed by atoms with Crippen LogP contribution < -0.4 is 10.1 Å². The predicted molar refractivity (Wildman–Crippen MR) is 99.1 cm³/mol. The third-order valence-corrected chi connectivity index (χ3v) is 4.30. The van der Waals surface area contributed by atoms with Gasteiger partial charge >= 0.3 is 0 Å². The Morgan fingerprint density at radius 2 is 2.00 bits per heavy atom. The molecular weight excluding hydrogens is 338 g/mol. The summed E-state index contributed by atoms with van der Waals surface area (Å²) in [6.07, 6.45) is 0. The van der Waals surface area contributed by atoms with Crippen molar-refractivity contribution in [3.05, 3.63) is 58.9 Å². The molecule has 0 fully saturated rings. The van der Waals surface area contributed by atoms with Gasteiger partial charge in [0.25, 0.3) is 5.91 Å². The van der Waals surface area contributed by atoms with E-state index in [0.29, 0.717) is 16.3 Å². The number of H-pyrrole nitrogens is 1. The molecule has 1 amide bonds. The number of aromatic amines is 1. The lowest BCUT2D eigenvalue weighted by Crippen LogP contribution is -2.32. The number of ether oxygens (including phenoxy) is 1. The van der Waals surface area contributed by atoms with Crippen LogP contribution in [0.25, 0.3) is 11.0 Å². The summed E-state index contributed by atoms with van der Waals surface area (Å²) >= 11 is 6.03. The summed E-state index contributed by atoms with van der Waals surface area (Å²) in [7, 11) is 1.53. The molecule has 3 rings (SSSR count). The van der Waals surface area contributed by atoms with Crippen molar-refractivity contribution in [3.8, 4) is 5.75 Å². The highest BCUT2D eigenvalue weighted by Crippen LogP contribution is 2.26. The number of nitrogens with zero attached hydrogens (tertiary/aromatic N) is 1. The van der Waals surface area contributed by atoms with Crippen LogP contribution in [-0.2, 0) is 0 Å². The van der Waals surface area contributed by atoms with E-state index in [9.17, 15) is 4.79 Å². The molecule has 3 aromatic rings. The Morgan fingerprint density at radius 1 is 1.24 bits per heavy atom. The number of aromatic nitrogens is 2. The SMILES string of the molecule is COc1ccc(Cl)cc1C(=O)N[C@@H](c1nc2ccccc2[nH]1)C(C)C. The maximum atomic E-state index is 12.8. The molecule has 0 aliphatic rings. The van der Waals surface area contributed by atoms with E-state index in [-0.39, 0.29) is 17.9 Å². The Hall–Kier alpha value is -2.53. The molecule has 1 heterocycles. The molecule has 0 saturated carbocycles. The second-order valence-electron chi connectivity index (χ2n) is 6.18. The van der Waals surface area contributed by atoms with Crippen molar-refractivity contribution in [1.82, 2.24) is 15.3 Å². The zero-order valence-electron chi connectivity index (χ0n) is 14.3. The number of carbonyl (C=O) groups is 1. The Labute approximate surface area is 151 Å². The monoisotopic (exact) mass is 357 g/mol. The molecule has 0 aliphatic heterocycles. The quantitative estimate of drug-likeness (QED) is 0.713. The van der Waals surface area contributed by atoms with E-state index in [1.54, 1.807) is 18.2 Å². The fraction of sp³-hybridized carbons (Fsp3) is 0.263. The topological polar surface area (TPSA) is 67.0 Å². The van der Waals surface area contributed by atoms with Crippen LogP contribution in [0.2, 0.25) is 5.02 Å². The fourth-order valence-corrected chi connectivity index (χ4v) is 2.92. The van der Waals surface area contributed by atoms with Gasteiger partial charge in [-0.05, 0) is 36.2 Å². The average molecular weight is 358 g/mol. The summed E-state index contributed by atoms with van der Waals surface area (Å²) in [4.78, 5) is 20.7. The standard InChI is InChI=1S/C19H20ClN3O2/c1-11(2)17(18-21-14-6-4-5-7-15(14)22-18)23-19(24)13-10-12(20)8-9-16(13)25-3/h4-11,17H,1-3H3,(H,21,22)(H,23,24)/t17-/m1/s1. The molecule has 6 heteroatoms. The lowest BCUT2D eigenvalue weighted by atomic mass is 10.0. The summed E-state index contributed by atoms with van der Waals surface area (Å²) in [5.74, 6) is 1.10. The summed E-state index contributed by atoms with van der Waals surface area (Å²) < 4.78 is 5.27. The molecule has 5 nitrogen and oxygen atoms in total. The van der Waals surface area contributed by atoms with Gasteiger partial charge in [0.2, 0.25) is 0 Å². The number of methoxy groups -OCH3 is 1. The molecule has 1 aromatic heterocycles. The first-order valence-corrected chi connectivity index (χ1v) is 8.46. The lowest BCUT2D eigenvalue weighted by molar-refractivity contribution is 0.0920. The second-order valence-corrected chi connectivity index (χ2v) is 6.62. The Bertz CT molecular complexity index is 872. The minimum Gasteiger partial charge on any atom is -0.496 e. The van der Waals surface area contributed by atoms with Crippen LogP contribution in [-0.4, -0.2) is 23.0 Å². The van der Waals surface area contributed by atoms with E-state index in [4.69, 9.17) is 16.3 Å². The van der Waals surface area contributed by atoms with Crippen LogP contribution in [0.15, 0.2) is 42.5 Å². The zero-order chi connectivity index (χ0) is 18.0. The van der Waals surface area contributed by atoms with Gasteiger partial charge in [-0.1, -0.05) is 37.6 Å². The molecule has 2 N–H and O–H groups in total. The Balaban J connectivity index is 1.92. The summed E-state index contributed by atoms with van der Waals surface area (Å²) in [6, 6.07) is 12.5. The van der Waals surface area contributed by atoms with Gasteiger partial charge in [-0.2, -0.15) is 0 Å². The first-order chi connectivity index (χ1) is 12.0. The highest BCUT2D eigenvalue weighted by molar-refractivity contribution is 6.31. The Kier molecular flexibility index (Phi) is 4.95. The van der Waals surface area contributed by atoms with Crippen molar-refractivity contribution in [3.63, 3.8) is 0 Å². The van der Waals surface area contributed by atoms with Crippen molar-refractivity contribution < 1.29 is 9.53 Å². The molecule has 0 saturated heterocycles. The molecular formula is C19H20ClN3O2. The number of fused-ring (bicyclic) bond motifs is 1. The smallest absolute Gasteiger partial charge is 0.255 e. The van der Waals surface area contributed by atoms with E-state index in [0.717, 1.165) is 16.9 Å². The number of halogens is 1. The molecule has 0 aliphatic carbocycles. The molecule has 130 valence electrons. The van der Waals surface area contributed by atoms with Crippen molar-refractivity contribution in [2.75, 3.05) is 7.11 Å². The summed E-state index contributed by atoms with van der Waals surface area (Å²) in [5, 5.41) is 3.52. The maximum Gasteiger partial charge on any atom is 0.255 e. The molecule has 0 radical (unpaired) electrons. The number of amides is 1. The van der Waals surface area contributed by atoms with Gasteiger partial charge in [0.05, 0.1) is 29.7 Å². The normalized spacial score (nSPS) is 12.4. The lowest BCUT2D eigenvalue weighted by Gasteiger charge is -2.21. The van der Waals surface area contributed by atoms with Crippen LogP contribution >= 0.6 is 11.6 Å². The van der Waals surface area contributed by atoms with Crippen LogP contribution in [0.3, 0.4) is 0 Å². The second kappa shape index (κ2) is 7.15. The molecule has 0 bridgehead atoms. The van der Waals surface area contributed by atoms with Crippen molar-refractivity contribution in [2.24, 2.45) is 5.92 Å². The summed E-state index contributed by atoms with van der Waals surface area (Å²) in [5.41, 5.74) is 2.22. The van der Waals surface area contributed by atoms with Crippen LogP contribution in [0.4, 0.5) is 0 Å². The third kappa shape index (κ3) is 3.61. The highest BCUT2D eigenvalue weighted by atomic mass is 35.5. The van der Waals surface area contributed by atoms with Gasteiger partial charge in [-0.15, -0.1) is 0 Å². The van der Waals surface area contributed by atoms with Crippen molar-refractivity contribution >= 4 is 28.5 Å². The third-order valence-electron chi connectivity index (χ3n) is 4.06. The van der Waals surface area contributed by atoms with E-state index in [1.807, 2.05) is 38.1 Å². The van der Waals surface area contributed by atoms with Crippen LogP contribution in [0.1, 0.15) is 36.1 Å². The minimum atomic E-state index is -0.261. The molecule has 1 atom stereocenters. The predicted octanol–water partition coefficient (Wildman–Crippen LogP) is 4.35. The molecule has 2 aromatic carbocycles. The van der Waals surface area contributed by atoms with Gasteiger partial charge in [-0.25, -0.2) is 4.98 Å². The highest BCUT2D eigenvalue weighted by Gasteiger charge is 2.24. The van der Waals surface area contributed by atoms with E-state index in [2.05, 4.69) is 15.3 Å². The number of hydrogen-bond donors (Lipinski definition) is 2. The van der Waals surface area contributed by atoms with Crippen molar-refractivity contribution in [1.29, 1.82) is 0 Å². The number of nitrogens with one attached hydrogen (secondary N) is 2. The molecule has 25 heavy (non-hydrogen) atoms. The van der Waals surface area contributed by atoms with Gasteiger partial charge in [0.15, 0.2) is 0 Å². The van der Waals surface area contributed by atoms with Crippen LogP contribution in [0, 0.1) is 5.92 Å². The van der Waals surface area contributed by atoms with Crippen LogP contribution in [0.5, 0.6) is 5.75 Å². The van der Waals surface area contributed by atoms with Gasteiger partial charge < -0.3 is 15.0 Å². The minimum absolute atomic E-state index is 0.148. The van der Waals surface area contributed by atoms with Gasteiger partial charge in [-0.3, -0.25) is 4.79 Å². The number of rotatable bonds is 5. The van der Waals surface area contributed by atoms with E-state index in [1.165, 1.54) is 7.11 Å². The van der Waals surface area contributed by atoms with Crippen molar-refractivity contribution in [2.45, 2.75) is 19.9 Å². The van der Waals surface area contributed by atoms with E-state index < -0.39 is 0 Å². The number of hydrogen-bond acceptors (Lipinski definition) is 3. The molecule has 0 unspecified atom stereocenters. The number of para-hydroxylation sites is 2. The maximum absolute atomic E-state index is 12.8. The van der Waals surface area contributed by atoms with Gasteiger partial charge in [0.1, 0.15) is 11.6 Å².